The Morgan fingerprint density at radius 2 is 1.61 bits per heavy atom. The van der Waals surface area contributed by atoms with Crippen LogP contribution in [0.1, 0.15) is 16.9 Å². The number of hydrogen-bond acceptors (Lipinski definition) is 5. The van der Waals surface area contributed by atoms with Crippen molar-refractivity contribution in [1.29, 1.82) is 0 Å². The van der Waals surface area contributed by atoms with Gasteiger partial charge >= 0.3 is 12.4 Å². The molecule has 11 heteroatoms. The molecule has 1 aliphatic heterocycles. The van der Waals surface area contributed by atoms with Gasteiger partial charge in [0.05, 0.1) is 17.7 Å². The first kappa shape index (κ1) is 26.0. The van der Waals surface area contributed by atoms with Crippen LogP contribution in [0.15, 0.2) is 59.1 Å². The van der Waals surface area contributed by atoms with E-state index in [2.05, 4.69) is 10.1 Å². The minimum Gasteiger partial charge on any atom is -0.369 e. The van der Waals surface area contributed by atoms with E-state index in [1.807, 2.05) is 16.8 Å². The molecule has 5 nitrogen and oxygen atoms in total. The van der Waals surface area contributed by atoms with Gasteiger partial charge in [0.15, 0.2) is 5.76 Å². The first-order valence-corrected chi connectivity index (χ1v) is 11.5. The molecule has 1 aliphatic rings. The second-order valence-corrected chi connectivity index (χ2v) is 8.84. The molecule has 194 valence electrons. The maximum atomic E-state index is 13.3. The summed E-state index contributed by atoms with van der Waals surface area (Å²) in [6.07, 6.45) is -8.86. The van der Waals surface area contributed by atoms with Gasteiger partial charge in [0.2, 0.25) is 0 Å². The molecule has 0 unspecified atom stereocenters. The van der Waals surface area contributed by atoms with E-state index < -0.39 is 23.5 Å². The number of alkyl halides is 6. The van der Waals surface area contributed by atoms with Crippen molar-refractivity contribution in [3.63, 3.8) is 0 Å². The molecule has 1 fully saturated rings. The number of anilines is 1. The minimum atomic E-state index is -4.49. The summed E-state index contributed by atoms with van der Waals surface area (Å²) in [7, 11) is 1.88. The summed E-state index contributed by atoms with van der Waals surface area (Å²) in [4.78, 5) is 6.16. The summed E-state index contributed by atoms with van der Waals surface area (Å²) < 4.78 is 84.2. The Morgan fingerprint density at radius 1 is 0.889 bits per heavy atom. The summed E-state index contributed by atoms with van der Waals surface area (Å²) in [6, 6.07) is 12.1. The fraction of sp³-hybridized carbons (Fsp3) is 0.400. The smallest absolute Gasteiger partial charge is 0.369 e. The zero-order valence-electron chi connectivity index (χ0n) is 19.6. The lowest BCUT2D eigenvalue weighted by molar-refractivity contribution is -0.138. The SMILES string of the molecule is CN(CCN1CCN(c2cccc(C(F)(F)F)c2)CC1)Cc1cc(-c2ccccc2C(F)(F)F)no1. The fourth-order valence-corrected chi connectivity index (χ4v) is 4.23. The van der Waals surface area contributed by atoms with Crippen LogP contribution in [0.4, 0.5) is 32.0 Å². The van der Waals surface area contributed by atoms with Crippen molar-refractivity contribution in [2.45, 2.75) is 18.9 Å². The molecule has 0 aliphatic carbocycles. The van der Waals surface area contributed by atoms with E-state index in [-0.39, 0.29) is 11.3 Å². The Balaban J connectivity index is 1.27. The van der Waals surface area contributed by atoms with E-state index in [4.69, 9.17) is 4.52 Å². The largest absolute Gasteiger partial charge is 0.417 e. The molecule has 0 atom stereocenters. The molecule has 0 radical (unpaired) electrons. The van der Waals surface area contributed by atoms with Crippen molar-refractivity contribution in [3.8, 4) is 11.3 Å². The van der Waals surface area contributed by atoms with Gasteiger partial charge in [0.25, 0.3) is 0 Å². The first-order valence-electron chi connectivity index (χ1n) is 11.5. The van der Waals surface area contributed by atoms with Gasteiger partial charge in [0, 0.05) is 56.6 Å². The second-order valence-electron chi connectivity index (χ2n) is 8.84. The summed E-state index contributed by atoms with van der Waals surface area (Å²) in [5.41, 5.74) is -0.739. The van der Waals surface area contributed by atoms with E-state index >= 15 is 0 Å². The Kier molecular flexibility index (Phi) is 7.60. The van der Waals surface area contributed by atoms with E-state index in [0.717, 1.165) is 18.7 Å². The summed E-state index contributed by atoms with van der Waals surface area (Å²) in [6.45, 7) is 4.47. The third-order valence-corrected chi connectivity index (χ3v) is 6.20. The van der Waals surface area contributed by atoms with Gasteiger partial charge in [0.1, 0.15) is 5.69 Å². The van der Waals surface area contributed by atoms with Crippen LogP contribution < -0.4 is 4.90 Å². The molecule has 1 aromatic heterocycles. The van der Waals surface area contributed by atoms with Gasteiger partial charge in [-0.25, -0.2) is 0 Å². The Hall–Kier alpha value is -3.05. The molecule has 2 aromatic carbocycles. The predicted octanol–water partition coefficient (Wildman–Crippen LogP) is 5.63. The molecule has 0 saturated carbocycles. The average Bonchev–Trinajstić information content (AvgIpc) is 3.30. The summed E-state index contributed by atoms with van der Waals surface area (Å²) in [5, 5.41) is 3.83. The molecule has 36 heavy (non-hydrogen) atoms. The molecule has 3 aromatic rings. The molecule has 0 amide bonds. The summed E-state index contributed by atoms with van der Waals surface area (Å²) in [5.74, 6) is 0.457. The lowest BCUT2D eigenvalue weighted by atomic mass is 10.0. The third-order valence-electron chi connectivity index (χ3n) is 6.20. The minimum absolute atomic E-state index is 0.0266. The van der Waals surface area contributed by atoms with Gasteiger partial charge in [-0.15, -0.1) is 0 Å². The lowest BCUT2D eigenvalue weighted by Gasteiger charge is -2.36. The van der Waals surface area contributed by atoms with Crippen molar-refractivity contribution in [1.82, 2.24) is 15.0 Å². The van der Waals surface area contributed by atoms with Crippen molar-refractivity contribution < 1.29 is 30.9 Å². The van der Waals surface area contributed by atoms with E-state index in [0.29, 0.717) is 50.7 Å². The zero-order chi connectivity index (χ0) is 25.9. The maximum Gasteiger partial charge on any atom is 0.417 e. The van der Waals surface area contributed by atoms with Crippen LogP contribution in [0.3, 0.4) is 0 Å². The van der Waals surface area contributed by atoms with E-state index in [1.165, 1.54) is 36.4 Å². The van der Waals surface area contributed by atoms with Crippen LogP contribution in [0, 0.1) is 0 Å². The van der Waals surface area contributed by atoms with Crippen molar-refractivity contribution >= 4 is 5.69 Å². The number of likely N-dealkylation sites (N-methyl/N-ethyl adjacent to an activating group) is 1. The predicted molar refractivity (Wildman–Crippen MR) is 123 cm³/mol. The van der Waals surface area contributed by atoms with Gasteiger partial charge in [-0.2, -0.15) is 26.3 Å². The number of hydrogen-bond donors (Lipinski definition) is 0. The number of halogens is 6. The molecule has 0 bridgehead atoms. The second kappa shape index (κ2) is 10.5. The highest BCUT2D eigenvalue weighted by Crippen LogP contribution is 2.36. The number of benzene rings is 2. The van der Waals surface area contributed by atoms with Crippen LogP contribution in [0.25, 0.3) is 11.3 Å². The van der Waals surface area contributed by atoms with Crippen molar-refractivity contribution in [3.05, 3.63) is 71.5 Å². The number of piperazine rings is 1. The number of rotatable bonds is 7. The van der Waals surface area contributed by atoms with Gasteiger partial charge in [-0.05, 0) is 31.3 Å². The number of aromatic nitrogens is 1. The van der Waals surface area contributed by atoms with E-state index in [9.17, 15) is 26.3 Å². The monoisotopic (exact) mass is 512 g/mol. The Bertz CT molecular complexity index is 1150. The molecule has 4 rings (SSSR count). The van der Waals surface area contributed by atoms with Crippen LogP contribution in [0.5, 0.6) is 0 Å². The van der Waals surface area contributed by atoms with Gasteiger partial charge < -0.3 is 9.42 Å². The Morgan fingerprint density at radius 3 is 2.31 bits per heavy atom. The standard InChI is InChI=1S/C25H26F6N4O/c1-33(17-20-16-23(32-36-20)21-7-2-3-8-22(21)25(29,30)31)9-10-34-11-13-35(14-12-34)19-6-4-5-18(15-19)24(26,27)28/h2-8,15-16H,9-14,17H2,1H3. The quantitative estimate of drug-likeness (QED) is 0.384. The van der Waals surface area contributed by atoms with Gasteiger partial charge in [-0.3, -0.25) is 9.80 Å². The van der Waals surface area contributed by atoms with Crippen LogP contribution in [-0.4, -0.2) is 61.3 Å². The van der Waals surface area contributed by atoms with E-state index in [1.54, 1.807) is 6.07 Å². The summed E-state index contributed by atoms with van der Waals surface area (Å²) >= 11 is 0. The topological polar surface area (TPSA) is 35.8 Å². The highest BCUT2D eigenvalue weighted by atomic mass is 19.4. The van der Waals surface area contributed by atoms with Crippen LogP contribution in [-0.2, 0) is 18.9 Å². The normalized spacial score (nSPS) is 15.6. The average molecular weight is 512 g/mol. The molecule has 1 saturated heterocycles. The number of nitrogens with zero attached hydrogens (tertiary/aromatic N) is 4. The molecular formula is C25H26F6N4O. The lowest BCUT2D eigenvalue weighted by Crippen LogP contribution is -2.48. The maximum absolute atomic E-state index is 13.3. The van der Waals surface area contributed by atoms with Crippen LogP contribution >= 0.6 is 0 Å². The molecule has 0 spiro atoms. The molecule has 0 N–H and O–H groups in total. The third kappa shape index (κ3) is 6.38. The van der Waals surface area contributed by atoms with Gasteiger partial charge in [-0.1, -0.05) is 29.4 Å². The highest BCUT2D eigenvalue weighted by molar-refractivity contribution is 5.64. The fourth-order valence-electron chi connectivity index (χ4n) is 4.23. The highest BCUT2D eigenvalue weighted by Gasteiger charge is 2.34. The van der Waals surface area contributed by atoms with Crippen molar-refractivity contribution in [2.24, 2.45) is 0 Å². The zero-order valence-corrected chi connectivity index (χ0v) is 19.6. The van der Waals surface area contributed by atoms with Crippen molar-refractivity contribution in [2.75, 3.05) is 51.2 Å². The molecular weight excluding hydrogens is 486 g/mol. The molecule has 2 heterocycles. The first-order chi connectivity index (χ1) is 17.0. The van der Waals surface area contributed by atoms with Crippen LogP contribution in [0.2, 0.25) is 0 Å². The Labute approximate surface area is 204 Å².